The van der Waals surface area contributed by atoms with Crippen LogP contribution in [0.4, 0.5) is 5.69 Å². The van der Waals surface area contributed by atoms with E-state index in [4.69, 9.17) is 0 Å². The van der Waals surface area contributed by atoms with E-state index in [1.807, 2.05) is 6.07 Å². The van der Waals surface area contributed by atoms with Crippen LogP contribution in [0.1, 0.15) is 22.3 Å². The van der Waals surface area contributed by atoms with Crippen molar-refractivity contribution in [1.82, 2.24) is 0 Å². The molecular weight excluding hydrogens is 230 g/mol. The van der Waals surface area contributed by atoms with Crippen molar-refractivity contribution < 1.29 is 9.72 Å². The Morgan fingerprint density at radius 3 is 2.78 bits per heavy atom. The van der Waals surface area contributed by atoms with Crippen LogP contribution in [0, 0.1) is 10.1 Å². The van der Waals surface area contributed by atoms with Crippen molar-refractivity contribution in [3.05, 3.63) is 57.6 Å². The second-order valence-corrected chi connectivity index (χ2v) is 4.19. The van der Waals surface area contributed by atoms with Gasteiger partial charge in [0.25, 0.3) is 5.69 Å². The summed E-state index contributed by atoms with van der Waals surface area (Å²) in [5.74, 6) is -0.0682. The molecule has 18 heavy (non-hydrogen) atoms. The van der Waals surface area contributed by atoms with Gasteiger partial charge in [-0.3, -0.25) is 14.9 Å². The lowest BCUT2D eigenvalue weighted by Crippen LogP contribution is -2.07. The number of benzene rings is 2. The van der Waals surface area contributed by atoms with Crippen LogP contribution < -0.4 is 0 Å². The third-order valence-electron chi connectivity index (χ3n) is 3.13. The fourth-order valence-corrected chi connectivity index (χ4v) is 2.33. The fourth-order valence-electron chi connectivity index (χ4n) is 2.33. The Kier molecular flexibility index (Phi) is 2.23. The van der Waals surface area contributed by atoms with Crippen LogP contribution in [0.3, 0.4) is 0 Å². The van der Waals surface area contributed by atoms with Crippen LogP contribution in [-0.4, -0.2) is 10.7 Å². The molecule has 0 saturated heterocycles. The van der Waals surface area contributed by atoms with E-state index in [1.165, 1.54) is 0 Å². The number of ketones is 1. The van der Waals surface area contributed by atoms with Crippen LogP contribution in [0.15, 0.2) is 36.4 Å². The van der Waals surface area contributed by atoms with Gasteiger partial charge in [0, 0.05) is 12.0 Å². The number of hydrogen-bond acceptors (Lipinski definition) is 3. The normalized spacial score (nSPS) is 13.7. The first-order valence-electron chi connectivity index (χ1n) is 5.58. The van der Waals surface area contributed by atoms with Crippen molar-refractivity contribution in [2.24, 2.45) is 0 Å². The Bertz CT molecular complexity index is 716. The third-order valence-corrected chi connectivity index (χ3v) is 3.13. The summed E-state index contributed by atoms with van der Waals surface area (Å²) in [6, 6.07) is 8.80. The van der Waals surface area contributed by atoms with Crippen molar-refractivity contribution in [2.75, 3.05) is 0 Å². The number of nitro benzene ring substituents is 1. The molecular formula is C14H9NO3. The molecule has 88 valence electrons. The Balaban J connectivity index is 2.50. The summed E-state index contributed by atoms with van der Waals surface area (Å²) >= 11 is 0. The summed E-state index contributed by atoms with van der Waals surface area (Å²) < 4.78 is 0. The molecule has 0 aliphatic heterocycles. The lowest BCUT2D eigenvalue weighted by atomic mass is 9.91. The Morgan fingerprint density at radius 2 is 2.00 bits per heavy atom. The molecule has 2 aromatic rings. The summed E-state index contributed by atoms with van der Waals surface area (Å²) in [5, 5.41) is 12.6. The van der Waals surface area contributed by atoms with Gasteiger partial charge in [0.1, 0.15) is 0 Å². The van der Waals surface area contributed by atoms with Gasteiger partial charge in [-0.2, -0.15) is 0 Å². The lowest BCUT2D eigenvalue weighted by molar-refractivity contribution is -0.383. The SMILES string of the molecule is O=C1CC=Cc2c1cc1ccccc1c2[N+](=O)[O-]. The zero-order chi connectivity index (χ0) is 12.7. The predicted octanol–water partition coefficient (Wildman–Crippen LogP) is 3.35. The molecule has 1 aliphatic carbocycles. The standard InChI is InChI=1S/C14H9NO3/c16-13-7-3-6-11-12(13)8-9-4-1-2-5-10(9)14(11)15(17)18/h1-6,8H,7H2. The zero-order valence-corrected chi connectivity index (χ0v) is 9.42. The van der Waals surface area contributed by atoms with E-state index in [9.17, 15) is 14.9 Å². The molecule has 0 saturated carbocycles. The fraction of sp³-hybridized carbons (Fsp3) is 0.0714. The molecule has 0 radical (unpaired) electrons. The van der Waals surface area contributed by atoms with E-state index in [0.717, 1.165) is 5.39 Å². The number of allylic oxidation sites excluding steroid dienone is 1. The van der Waals surface area contributed by atoms with E-state index in [0.29, 0.717) is 22.9 Å². The van der Waals surface area contributed by atoms with E-state index < -0.39 is 4.92 Å². The number of hydrogen-bond donors (Lipinski definition) is 0. The maximum Gasteiger partial charge on any atom is 0.285 e. The van der Waals surface area contributed by atoms with E-state index in [1.54, 1.807) is 36.4 Å². The van der Waals surface area contributed by atoms with Crippen molar-refractivity contribution in [2.45, 2.75) is 6.42 Å². The molecule has 0 unspecified atom stereocenters. The Labute approximate surface area is 103 Å². The number of Topliss-reactive ketones (excluding diaryl/α,β-unsaturated/α-hetero) is 1. The van der Waals surface area contributed by atoms with Gasteiger partial charge >= 0.3 is 0 Å². The molecule has 0 heterocycles. The molecule has 3 rings (SSSR count). The number of carbonyl (C=O) groups is 1. The van der Waals surface area contributed by atoms with E-state index in [-0.39, 0.29) is 11.5 Å². The first kappa shape index (κ1) is 10.7. The summed E-state index contributed by atoms with van der Waals surface area (Å²) in [6.45, 7) is 0. The largest absolute Gasteiger partial charge is 0.294 e. The molecule has 0 atom stereocenters. The highest BCUT2D eigenvalue weighted by atomic mass is 16.6. The van der Waals surface area contributed by atoms with E-state index >= 15 is 0 Å². The average molecular weight is 239 g/mol. The number of fused-ring (bicyclic) bond motifs is 2. The van der Waals surface area contributed by atoms with Gasteiger partial charge in [-0.25, -0.2) is 0 Å². The van der Waals surface area contributed by atoms with Gasteiger partial charge in [0.05, 0.1) is 15.9 Å². The summed E-state index contributed by atoms with van der Waals surface area (Å²) in [6.07, 6.45) is 3.65. The average Bonchev–Trinajstić information content (AvgIpc) is 2.36. The van der Waals surface area contributed by atoms with Gasteiger partial charge in [-0.05, 0) is 17.5 Å². The molecule has 0 spiro atoms. The second-order valence-electron chi connectivity index (χ2n) is 4.19. The minimum atomic E-state index is -0.413. The van der Waals surface area contributed by atoms with Gasteiger partial charge in [0.2, 0.25) is 0 Å². The quantitative estimate of drug-likeness (QED) is 0.566. The van der Waals surface area contributed by atoms with E-state index in [2.05, 4.69) is 0 Å². The third kappa shape index (κ3) is 1.43. The van der Waals surface area contributed by atoms with Crippen molar-refractivity contribution in [1.29, 1.82) is 0 Å². The maximum absolute atomic E-state index is 11.8. The Morgan fingerprint density at radius 1 is 1.22 bits per heavy atom. The molecule has 0 N–H and O–H groups in total. The minimum absolute atomic E-state index is 0.0207. The van der Waals surface area contributed by atoms with Crippen LogP contribution in [0.5, 0.6) is 0 Å². The van der Waals surface area contributed by atoms with Gasteiger partial charge in [-0.1, -0.05) is 30.4 Å². The van der Waals surface area contributed by atoms with Crippen LogP contribution >= 0.6 is 0 Å². The first-order chi connectivity index (χ1) is 8.68. The number of nitrogens with zero attached hydrogens (tertiary/aromatic N) is 1. The topological polar surface area (TPSA) is 60.2 Å². The molecule has 4 nitrogen and oxygen atoms in total. The highest BCUT2D eigenvalue weighted by Gasteiger charge is 2.25. The molecule has 0 amide bonds. The van der Waals surface area contributed by atoms with Crippen LogP contribution in [-0.2, 0) is 0 Å². The molecule has 0 bridgehead atoms. The smallest absolute Gasteiger partial charge is 0.285 e. The van der Waals surface area contributed by atoms with Gasteiger partial charge in [0.15, 0.2) is 5.78 Å². The van der Waals surface area contributed by atoms with Crippen molar-refractivity contribution in [3.8, 4) is 0 Å². The zero-order valence-electron chi connectivity index (χ0n) is 9.42. The summed E-state index contributed by atoms with van der Waals surface area (Å²) in [4.78, 5) is 22.7. The molecule has 0 fully saturated rings. The second kappa shape index (κ2) is 3.77. The summed E-state index contributed by atoms with van der Waals surface area (Å²) in [5.41, 5.74) is 0.894. The Hall–Kier alpha value is -2.49. The first-order valence-corrected chi connectivity index (χ1v) is 5.58. The summed E-state index contributed by atoms with van der Waals surface area (Å²) in [7, 11) is 0. The molecule has 4 heteroatoms. The van der Waals surface area contributed by atoms with Crippen molar-refractivity contribution in [3.63, 3.8) is 0 Å². The van der Waals surface area contributed by atoms with Gasteiger partial charge < -0.3 is 0 Å². The van der Waals surface area contributed by atoms with Crippen LogP contribution in [0.25, 0.3) is 16.8 Å². The van der Waals surface area contributed by atoms with Crippen molar-refractivity contribution >= 4 is 28.3 Å². The minimum Gasteiger partial charge on any atom is -0.294 e. The van der Waals surface area contributed by atoms with Crippen LogP contribution in [0.2, 0.25) is 0 Å². The number of nitro groups is 1. The number of rotatable bonds is 1. The molecule has 0 aromatic heterocycles. The molecule has 2 aromatic carbocycles. The monoisotopic (exact) mass is 239 g/mol. The maximum atomic E-state index is 11.8. The van der Waals surface area contributed by atoms with Gasteiger partial charge in [-0.15, -0.1) is 0 Å². The molecule has 1 aliphatic rings. The highest BCUT2D eigenvalue weighted by Crippen LogP contribution is 2.35. The highest BCUT2D eigenvalue weighted by molar-refractivity contribution is 6.09. The number of carbonyl (C=O) groups excluding carboxylic acids is 1. The predicted molar refractivity (Wildman–Crippen MR) is 68.6 cm³/mol. The lowest BCUT2D eigenvalue weighted by Gasteiger charge is -2.11.